The van der Waals surface area contributed by atoms with Gasteiger partial charge in [0.15, 0.2) is 5.82 Å². The highest BCUT2D eigenvalue weighted by atomic mass is 16.1. The van der Waals surface area contributed by atoms with Gasteiger partial charge in [-0.05, 0) is 25.2 Å². The van der Waals surface area contributed by atoms with Crippen molar-refractivity contribution in [1.29, 1.82) is 0 Å². The minimum atomic E-state index is 0.103. The number of nitrogens with one attached hydrogen (secondary N) is 2. The van der Waals surface area contributed by atoms with Crippen molar-refractivity contribution in [2.75, 3.05) is 5.32 Å². The molecule has 1 atom stereocenters. The zero-order valence-electron chi connectivity index (χ0n) is 9.55. The van der Waals surface area contributed by atoms with Crippen LogP contribution in [0.4, 0.5) is 5.82 Å². The van der Waals surface area contributed by atoms with E-state index in [2.05, 4.69) is 22.4 Å². The van der Waals surface area contributed by atoms with Crippen LogP contribution >= 0.6 is 0 Å². The third-order valence-corrected chi connectivity index (χ3v) is 3.94. The summed E-state index contributed by atoms with van der Waals surface area (Å²) in [6.45, 7) is 2.14. The summed E-state index contributed by atoms with van der Waals surface area (Å²) in [5, 5.41) is 10.3. The van der Waals surface area contributed by atoms with E-state index in [0.29, 0.717) is 18.3 Å². The SMILES string of the molecule is CC[C@@H]1CC(=O)Nc2n[nH]c(C3CCC3)c21. The predicted molar refractivity (Wildman–Crippen MR) is 61.5 cm³/mol. The Balaban J connectivity index is 2.00. The van der Waals surface area contributed by atoms with Crippen molar-refractivity contribution in [3.63, 3.8) is 0 Å². The number of hydrogen-bond acceptors (Lipinski definition) is 2. The highest BCUT2D eigenvalue weighted by Gasteiger charge is 2.33. The molecule has 1 aromatic rings. The number of rotatable bonds is 2. The second kappa shape index (κ2) is 3.61. The van der Waals surface area contributed by atoms with Crippen LogP contribution < -0.4 is 5.32 Å². The molecule has 0 bridgehead atoms. The average Bonchev–Trinajstić information content (AvgIpc) is 2.58. The normalized spacial score (nSPS) is 24.8. The van der Waals surface area contributed by atoms with E-state index in [9.17, 15) is 4.79 Å². The van der Waals surface area contributed by atoms with Crippen molar-refractivity contribution in [2.24, 2.45) is 0 Å². The Hall–Kier alpha value is -1.32. The second-order valence-electron chi connectivity index (χ2n) is 4.88. The molecule has 2 heterocycles. The van der Waals surface area contributed by atoms with E-state index in [1.165, 1.54) is 30.5 Å². The zero-order chi connectivity index (χ0) is 11.1. The predicted octanol–water partition coefficient (Wildman–Crippen LogP) is 2.51. The summed E-state index contributed by atoms with van der Waals surface area (Å²) in [6.07, 6.45) is 5.47. The molecule has 0 radical (unpaired) electrons. The number of carbonyl (C=O) groups is 1. The quantitative estimate of drug-likeness (QED) is 0.803. The van der Waals surface area contributed by atoms with Gasteiger partial charge in [0, 0.05) is 23.6 Å². The summed E-state index contributed by atoms with van der Waals surface area (Å²) in [5.74, 6) is 1.90. The van der Waals surface area contributed by atoms with E-state index in [0.717, 1.165) is 12.2 Å². The van der Waals surface area contributed by atoms with Crippen LogP contribution in [0.2, 0.25) is 0 Å². The van der Waals surface area contributed by atoms with Crippen molar-refractivity contribution in [1.82, 2.24) is 10.2 Å². The number of hydrogen-bond donors (Lipinski definition) is 2. The van der Waals surface area contributed by atoms with Crippen molar-refractivity contribution >= 4 is 11.7 Å². The van der Waals surface area contributed by atoms with Gasteiger partial charge in [-0.2, -0.15) is 5.10 Å². The largest absolute Gasteiger partial charge is 0.309 e. The van der Waals surface area contributed by atoms with Crippen LogP contribution in [-0.4, -0.2) is 16.1 Å². The number of H-pyrrole nitrogens is 1. The Morgan fingerprint density at radius 1 is 1.44 bits per heavy atom. The molecule has 0 spiro atoms. The summed E-state index contributed by atoms with van der Waals surface area (Å²) in [6, 6.07) is 0. The Labute approximate surface area is 94.8 Å². The average molecular weight is 219 g/mol. The van der Waals surface area contributed by atoms with Crippen LogP contribution in [-0.2, 0) is 4.79 Å². The van der Waals surface area contributed by atoms with Crippen molar-refractivity contribution < 1.29 is 4.79 Å². The molecule has 0 aromatic carbocycles. The van der Waals surface area contributed by atoms with Crippen LogP contribution in [0.3, 0.4) is 0 Å². The van der Waals surface area contributed by atoms with Gasteiger partial charge >= 0.3 is 0 Å². The summed E-state index contributed by atoms with van der Waals surface area (Å²) in [4.78, 5) is 11.5. The van der Waals surface area contributed by atoms with Crippen LogP contribution in [0.5, 0.6) is 0 Å². The standard InChI is InChI=1S/C12H17N3O/c1-2-7-6-9(16)13-12-10(7)11(14-15-12)8-4-3-5-8/h7-8H,2-6H2,1H3,(H2,13,14,15,16)/t7-/m1/s1. The fraction of sp³-hybridized carbons (Fsp3) is 0.667. The third-order valence-electron chi connectivity index (χ3n) is 3.94. The number of fused-ring (bicyclic) bond motifs is 1. The van der Waals surface area contributed by atoms with Gasteiger partial charge in [-0.3, -0.25) is 9.89 Å². The Kier molecular flexibility index (Phi) is 2.23. The molecular formula is C12H17N3O. The maximum absolute atomic E-state index is 11.5. The lowest BCUT2D eigenvalue weighted by molar-refractivity contribution is -0.116. The monoisotopic (exact) mass is 219 g/mol. The number of aromatic nitrogens is 2. The van der Waals surface area contributed by atoms with Gasteiger partial charge in [-0.1, -0.05) is 13.3 Å². The minimum Gasteiger partial charge on any atom is -0.309 e. The Bertz CT molecular complexity index is 420. The van der Waals surface area contributed by atoms with Crippen LogP contribution in [0.15, 0.2) is 0 Å². The molecule has 1 aliphatic heterocycles. The van der Waals surface area contributed by atoms with Gasteiger partial charge in [0.25, 0.3) is 0 Å². The number of nitrogens with zero attached hydrogens (tertiary/aromatic N) is 1. The van der Waals surface area contributed by atoms with E-state index in [1.54, 1.807) is 0 Å². The fourth-order valence-corrected chi connectivity index (χ4v) is 2.74. The van der Waals surface area contributed by atoms with Gasteiger partial charge in [-0.25, -0.2) is 0 Å². The molecular weight excluding hydrogens is 202 g/mol. The minimum absolute atomic E-state index is 0.103. The molecule has 3 rings (SSSR count). The van der Waals surface area contributed by atoms with Crippen molar-refractivity contribution in [3.8, 4) is 0 Å². The molecule has 86 valence electrons. The maximum atomic E-state index is 11.5. The molecule has 4 heteroatoms. The number of amides is 1. The third kappa shape index (κ3) is 1.36. The summed E-state index contributed by atoms with van der Waals surface area (Å²) in [5.41, 5.74) is 2.57. The molecule has 4 nitrogen and oxygen atoms in total. The zero-order valence-corrected chi connectivity index (χ0v) is 9.55. The van der Waals surface area contributed by atoms with Gasteiger partial charge in [0.2, 0.25) is 5.91 Å². The number of anilines is 1. The van der Waals surface area contributed by atoms with Crippen molar-refractivity contribution in [3.05, 3.63) is 11.3 Å². The number of carbonyl (C=O) groups excluding carboxylic acids is 1. The maximum Gasteiger partial charge on any atom is 0.226 e. The lowest BCUT2D eigenvalue weighted by atomic mass is 9.78. The van der Waals surface area contributed by atoms with Crippen LogP contribution in [0, 0.1) is 0 Å². The van der Waals surface area contributed by atoms with E-state index in [1.807, 2.05) is 0 Å². The molecule has 1 amide bonds. The Morgan fingerprint density at radius 2 is 2.25 bits per heavy atom. The Morgan fingerprint density at radius 3 is 2.88 bits per heavy atom. The van der Waals surface area contributed by atoms with Gasteiger partial charge < -0.3 is 5.32 Å². The molecule has 1 aliphatic carbocycles. The molecule has 1 saturated carbocycles. The number of aromatic amines is 1. The topological polar surface area (TPSA) is 57.8 Å². The highest BCUT2D eigenvalue weighted by molar-refractivity contribution is 5.93. The first-order valence-electron chi connectivity index (χ1n) is 6.17. The smallest absolute Gasteiger partial charge is 0.226 e. The molecule has 2 aliphatic rings. The lowest BCUT2D eigenvalue weighted by Crippen LogP contribution is -2.23. The van der Waals surface area contributed by atoms with Gasteiger partial charge in [-0.15, -0.1) is 0 Å². The first-order valence-corrected chi connectivity index (χ1v) is 6.17. The van der Waals surface area contributed by atoms with E-state index >= 15 is 0 Å². The molecule has 1 aromatic heterocycles. The summed E-state index contributed by atoms with van der Waals surface area (Å²) < 4.78 is 0. The van der Waals surface area contributed by atoms with Gasteiger partial charge in [0.1, 0.15) is 0 Å². The molecule has 2 N–H and O–H groups in total. The van der Waals surface area contributed by atoms with E-state index < -0.39 is 0 Å². The van der Waals surface area contributed by atoms with Crippen LogP contribution in [0.25, 0.3) is 0 Å². The lowest BCUT2D eigenvalue weighted by Gasteiger charge is -2.28. The van der Waals surface area contributed by atoms with Crippen molar-refractivity contribution in [2.45, 2.75) is 50.9 Å². The molecule has 1 fully saturated rings. The highest BCUT2D eigenvalue weighted by Crippen LogP contribution is 2.44. The summed E-state index contributed by atoms with van der Waals surface area (Å²) in [7, 11) is 0. The summed E-state index contributed by atoms with van der Waals surface area (Å²) >= 11 is 0. The fourth-order valence-electron chi connectivity index (χ4n) is 2.74. The molecule has 16 heavy (non-hydrogen) atoms. The van der Waals surface area contributed by atoms with Crippen LogP contribution in [0.1, 0.15) is 62.1 Å². The molecule has 0 unspecified atom stereocenters. The molecule has 0 saturated heterocycles. The first-order chi connectivity index (χ1) is 7.79. The van der Waals surface area contributed by atoms with Gasteiger partial charge in [0.05, 0.1) is 0 Å². The van der Waals surface area contributed by atoms with E-state index in [-0.39, 0.29) is 5.91 Å². The second-order valence-corrected chi connectivity index (χ2v) is 4.88. The first kappa shape index (κ1) is 9.87. The van der Waals surface area contributed by atoms with E-state index in [4.69, 9.17) is 0 Å².